The largest absolute Gasteiger partial charge is 0.452 e. The average Bonchev–Trinajstić information content (AvgIpc) is 3.44. The van der Waals surface area contributed by atoms with Gasteiger partial charge in [0.1, 0.15) is 0 Å². The van der Waals surface area contributed by atoms with Crippen molar-refractivity contribution in [3.63, 3.8) is 0 Å². The number of thiophene rings is 1. The third-order valence-corrected chi connectivity index (χ3v) is 5.11. The van der Waals surface area contributed by atoms with Crippen LogP contribution in [0.15, 0.2) is 70.6 Å². The summed E-state index contributed by atoms with van der Waals surface area (Å²) in [6.07, 6.45) is 0. The lowest BCUT2D eigenvalue weighted by Crippen LogP contribution is -2.12. The van der Waals surface area contributed by atoms with Crippen molar-refractivity contribution >= 4 is 23.1 Å². The van der Waals surface area contributed by atoms with E-state index in [1.807, 2.05) is 36.6 Å². The minimum atomic E-state index is -0.628. The van der Waals surface area contributed by atoms with Crippen LogP contribution in [0.5, 0.6) is 0 Å². The van der Waals surface area contributed by atoms with E-state index in [2.05, 4.69) is 10.1 Å². The number of ketones is 1. The molecule has 0 fully saturated rings. The van der Waals surface area contributed by atoms with Crippen LogP contribution < -0.4 is 0 Å². The molecular formula is C22H16N2O4S. The van der Waals surface area contributed by atoms with Crippen molar-refractivity contribution in [1.29, 1.82) is 0 Å². The Morgan fingerprint density at radius 3 is 2.48 bits per heavy atom. The maximum atomic E-state index is 12.8. The van der Waals surface area contributed by atoms with Gasteiger partial charge in [-0.3, -0.25) is 4.79 Å². The van der Waals surface area contributed by atoms with Gasteiger partial charge in [-0.1, -0.05) is 59.3 Å². The second-order valence-electron chi connectivity index (χ2n) is 6.31. The van der Waals surface area contributed by atoms with Gasteiger partial charge in [0, 0.05) is 11.1 Å². The van der Waals surface area contributed by atoms with Crippen molar-refractivity contribution in [1.82, 2.24) is 10.1 Å². The highest BCUT2D eigenvalue weighted by molar-refractivity contribution is 7.13. The van der Waals surface area contributed by atoms with E-state index in [9.17, 15) is 9.59 Å². The highest BCUT2D eigenvalue weighted by Crippen LogP contribution is 2.22. The fraction of sp³-hybridized carbons (Fsp3) is 0.0909. The molecule has 0 radical (unpaired) electrons. The first kappa shape index (κ1) is 18.8. The number of aromatic nitrogens is 2. The van der Waals surface area contributed by atoms with Gasteiger partial charge in [0.2, 0.25) is 5.82 Å². The summed E-state index contributed by atoms with van der Waals surface area (Å²) in [6, 6.07) is 17.5. The Balaban J connectivity index is 1.49. The summed E-state index contributed by atoms with van der Waals surface area (Å²) < 4.78 is 10.4. The zero-order chi connectivity index (χ0) is 20.2. The maximum absolute atomic E-state index is 12.8. The van der Waals surface area contributed by atoms with Gasteiger partial charge in [-0.15, -0.1) is 11.3 Å². The van der Waals surface area contributed by atoms with Crippen LogP contribution in [0.1, 0.15) is 37.7 Å². The third kappa shape index (κ3) is 4.14. The number of nitrogens with zero attached hydrogens (tertiary/aromatic N) is 2. The first-order chi connectivity index (χ1) is 14.1. The molecule has 0 unspecified atom stereocenters. The van der Waals surface area contributed by atoms with Crippen molar-refractivity contribution in [3.8, 4) is 10.7 Å². The summed E-state index contributed by atoms with van der Waals surface area (Å²) >= 11 is 1.48. The Morgan fingerprint density at radius 1 is 1.00 bits per heavy atom. The molecule has 2 aromatic heterocycles. The average molecular weight is 404 g/mol. The van der Waals surface area contributed by atoms with Gasteiger partial charge in [-0.05, 0) is 24.4 Å². The van der Waals surface area contributed by atoms with Crippen LogP contribution >= 0.6 is 11.3 Å². The standard InChI is InChI=1S/C22H16N2O4S/c1-14-8-10-15(11-9-14)20(25)16-5-2-3-6-17(16)22(26)27-13-19-23-21(24-28-19)18-7-4-12-29-18/h2-12H,13H2,1H3. The SMILES string of the molecule is Cc1ccc(C(=O)c2ccccc2C(=O)OCc2nc(-c3cccs3)no2)cc1. The molecule has 6 nitrogen and oxygen atoms in total. The smallest absolute Gasteiger partial charge is 0.339 e. The minimum Gasteiger partial charge on any atom is -0.452 e. The van der Waals surface area contributed by atoms with Crippen LogP contribution in [0.2, 0.25) is 0 Å². The lowest BCUT2D eigenvalue weighted by atomic mass is 9.98. The zero-order valence-corrected chi connectivity index (χ0v) is 16.3. The molecular weight excluding hydrogens is 388 g/mol. The number of rotatable bonds is 6. The summed E-state index contributed by atoms with van der Waals surface area (Å²) in [6.45, 7) is 1.77. The number of carbonyl (C=O) groups is 2. The third-order valence-electron chi connectivity index (χ3n) is 4.24. The van der Waals surface area contributed by atoms with E-state index in [0.717, 1.165) is 10.4 Å². The van der Waals surface area contributed by atoms with Crippen LogP contribution in [0.25, 0.3) is 10.7 Å². The van der Waals surface area contributed by atoms with Crippen molar-refractivity contribution < 1.29 is 18.8 Å². The molecule has 2 aromatic carbocycles. The Labute approximate surface area is 170 Å². The van der Waals surface area contributed by atoms with Crippen molar-refractivity contribution in [2.45, 2.75) is 13.5 Å². The van der Waals surface area contributed by atoms with Crippen molar-refractivity contribution in [2.24, 2.45) is 0 Å². The summed E-state index contributed by atoms with van der Waals surface area (Å²) in [7, 11) is 0. The molecule has 0 N–H and O–H groups in total. The summed E-state index contributed by atoms with van der Waals surface area (Å²) in [5, 5.41) is 5.79. The van der Waals surface area contributed by atoms with E-state index in [0.29, 0.717) is 11.4 Å². The first-order valence-electron chi connectivity index (χ1n) is 8.86. The molecule has 0 aliphatic rings. The number of esters is 1. The predicted molar refractivity (Wildman–Crippen MR) is 108 cm³/mol. The highest BCUT2D eigenvalue weighted by Gasteiger charge is 2.20. The van der Waals surface area contributed by atoms with Gasteiger partial charge in [0.25, 0.3) is 5.89 Å². The van der Waals surface area contributed by atoms with Gasteiger partial charge in [-0.2, -0.15) is 4.98 Å². The second kappa shape index (κ2) is 8.20. The molecule has 4 aromatic rings. The molecule has 0 saturated carbocycles. The van der Waals surface area contributed by atoms with E-state index >= 15 is 0 Å². The molecule has 0 aliphatic carbocycles. The Morgan fingerprint density at radius 2 is 1.76 bits per heavy atom. The maximum Gasteiger partial charge on any atom is 0.339 e. The highest BCUT2D eigenvalue weighted by atomic mass is 32.1. The lowest BCUT2D eigenvalue weighted by Gasteiger charge is -2.08. The number of hydrogen-bond donors (Lipinski definition) is 0. The van der Waals surface area contributed by atoms with Crippen LogP contribution in [-0.4, -0.2) is 21.9 Å². The van der Waals surface area contributed by atoms with Crippen LogP contribution in [0.4, 0.5) is 0 Å². The molecule has 4 rings (SSSR count). The summed E-state index contributed by atoms with van der Waals surface area (Å²) in [5.41, 5.74) is 2.03. The fourth-order valence-corrected chi connectivity index (χ4v) is 3.39. The molecule has 0 atom stereocenters. The Hall–Kier alpha value is -3.58. The fourth-order valence-electron chi connectivity index (χ4n) is 2.74. The number of benzene rings is 2. The molecule has 2 heterocycles. The quantitative estimate of drug-likeness (QED) is 0.342. The van der Waals surface area contributed by atoms with Crippen molar-refractivity contribution in [3.05, 3.63) is 94.2 Å². The van der Waals surface area contributed by atoms with Crippen LogP contribution in [-0.2, 0) is 11.3 Å². The molecule has 29 heavy (non-hydrogen) atoms. The normalized spacial score (nSPS) is 10.7. The number of ether oxygens (including phenoxy) is 1. The summed E-state index contributed by atoms with van der Waals surface area (Å²) in [4.78, 5) is 30.5. The second-order valence-corrected chi connectivity index (χ2v) is 7.25. The summed E-state index contributed by atoms with van der Waals surface area (Å²) in [5.74, 6) is -0.239. The van der Waals surface area contributed by atoms with Gasteiger partial charge in [0.05, 0.1) is 10.4 Å². The van der Waals surface area contributed by atoms with Gasteiger partial charge in [0.15, 0.2) is 12.4 Å². The molecule has 7 heteroatoms. The van der Waals surface area contributed by atoms with Gasteiger partial charge >= 0.3 is 5.97 Å². The lowest BCUT2D eigenvalue weighted by molar-refractivity contribution is 0.0427. The molecule has 0 amide bonds. The molecule has 0 spiro atoms. The number of aryl methyl sites for hydroxylation is 1. The monoisotopic (exact) mass is 404 g/mol. The van der Waals surface area contributed by atoms with E-state index in [1.54, 1.807) is 36.4 Å². The van der Waals surface area contributed by atoms with E-state index < -0.39 is 5.97 Å². The Bertz CT molecular complexity index is 1150. The molecule has 0 aliphatic heterocycles. The van der Waals surface area contributed by atoms with Gasteiger partial charge in [-0.25, -0.2) is 4.79 Å². The molecule has 144 valence electrons. The molecule has 0 saturated heterocycles. The minimum absolute atomic E-state index is 0.176. The Kier molecular flexibility index (Phi) is 5.31. The van der Waals surface area contributed by atoms with E-state index in [4.69, 9.17) is 9.26 Å². The predicted octanol–water partition coefficient (Wildman–Crippen LogP) is 4.69. The van der Waals surface area contributed by atoms with E-state index in [-0.39, 0.29) is 29.4 Å². The zero-order valence-electron chi connectivity index (χ0n) is 15.5. The van der Waals surface area contributed by atoms with Gasteiger partial charge < -0.3 is 9.26 Å². The van der Waals surface area contributed by atoms with E-state index in [1.165, 1.54) is 11.3 Å². The number of hydrogen-bond acceptors (Lipinski definition) is 7. The van der Waals surface area contributed by atoms with Crippen molar-refractivity contribution in [2.75, 3.05) is 0 Å². The molecule has 0 bridgehead atoms. The first-order valence-corrected chi connectivity index (χ1v) is 9.74. The number of carbonyl (C=O) groups excluding carboxylic acids is 2. The van der Waals surface area contributed by atoms with Crippen LogP contribution in [0.3, 0.4) is 0 Å². The van der Waals surface area contributed by atoms with Crippen LogP contribution in [0, 0.1) is 6.92 Å². The topological polar surface area (TPSA) is 82.3 Å².